The Bertz CT molecular complexity index is 744. The smallest absolute Gasteiger partial charge is 0.203 e. The van der Waals surface area contributed by atoms with Gasteiger partial charge in [0.2, 0.25) is 5.78 Å². The number of hydrogen-bond donors (Lipinski definition) is 1. The van der Waals surface area contributed by atoms with Gasteiger partial charge in [0.1, 0.15) is 0 Å². The molecule has 4 nitrogen and oxygen atoms in total. The maximum Gasteiger partial charge on any atom is 0.203 e. The minimum Gasteiger partial charge on any atom is -0.383 e. The van der Waals surface area contributed by atoms with Crippen LogP contribution in [0.5, 0.6) is 0 Å². The first-order chi connectivity index (χ1) is 10.4. The number of carbonyl (C=O) groups excluding carboxylic acids is 1. The molecular formula is C17H18ClN3O. The fourth-order valence-corrected chi connectivity index (χ4v) is 2.25. The van der Waals surface area contributed by atoms with E-state index in [1.165, 1.54) is 6.08 Å². The van der Waals surface area contributed by atoms with Crippen LogP contribution in [0, 0.1) is 6.92 Å². The maximum absolute atomic E-state index is 12.2. The largest absolute Gasteiger partial charge is 0.383 e. The van der Waals surface area contributed by atoms with E-state index in [0.717, 1.165) is 16.8 Å². The van der Waals surface area contributed by atoms with Gasteiger partial charge in [-0.1, -0.05) is 17.7 Å². The van der Waals surface area contributed by atoms with Gasteiger partial charge in [-0.05, 0) is 37.4 Å². The van der Waals surface area contributed by atoms with Crippen LogP contribution in [0.4, 0.5) is 5.69 Å². The fraction of sp³-hybridized carbons (Fsp3) is 0.176. The van der Waals surface area contributed by atoms with Crippen molar-refractivity contribution < 1.29 is 4.79 Å². The topological polar surface area (TPSA) is 48.5 Å². The number of benzene rings is 1. The summed E-state index contributed by atoms with van der Waals surface area (Å²) in [6.45, 7) is 5.55. The molecule has 0 bridgehead atoms. The lowest BCUT2D eigenvalue weighted by Crippen LogP contribution is -2.03. The quantitative estimate of drug-likeness (QED) is 0.510. The molecule has 5 heteroatoms. The monoisotopic (exact) mass is 315 g/mol. The van der Waals surface area contributed by atoms with Gasteiger partial charge in [0.15, 0.2) is 0 Å². The van der Waals surface area contributed by atoms with Crippen molar-refractivity contribution in [3.8, 4) is 11.3 Å². The van der Waals surface area contributed by atoms with Gasteiger partial charge in [0, 0.05) is 37.0 Å². The minimum absolute atomic E-state index is 0.121. The highest BCUT2D eigenvalue weighted by Crippen LogP contribution is 2.34. The number of aryl methyl sites for hydroxylation is 1. The Hall–Kier alpha value is -2.33. The number of halogens is 1. The normalized spacial score (nSPS) is 10.9. The lowest BCUT2D eigenvalue weighted by molar-refractivity contribution is 0.104. The number of aromatic nitrogens is 1. The van der Waals surface area contributed by atoms with Gasteiger partial charge < -0.3 is 9.88 Å². The molecule has 2 aromatic rings. The summed E-state index contributed by atoms with van der Waals surface area (Å²) >= 11 is 6.07. The summed E-state index contributed by atoms with van der Waals surface area (Å²) in [7, 11) is 3.71. The second kappa shape index (κ2) is 6.62. The van der Waals surface area contributed by atoms with Gasteiger partial charge >= 0.3 is 0 Å². The van der Waals surface area contributed by atoms with E-state index in [0.29, 0.717) is 16.4 Å². The van der Waals surface area contributed by atoms with Gasteiger partial charge in [-0.15, -0.1) is 0 Å². The molecule has 0 saturated heterocycles. The van der Waals surface area contributed by atoms with Crippen LogP contribution in [0.15, 0.2) is 41.5 Å². The van der Waals surface area contributed by atoms with E-state index in [1.54, 1.807) is 17.2 Å². The summed E-state index contributed by atoms with van der Waals surface area (Å²) in [5, 5.41) is 0.630. The Balaban J connectivity index is 2.47. The van der Waals surface area contributed by atoms with Gasteiger partial charge in [-0.2, -0.15) is 0 Å². The van der Waals surface area contributed by atoms with Crippen molar-refractivity contribution in [3.05, 3.63) is 52.8 Å². The van der Waals surface area contributed by atoms with E-state index in [1.807, 2.05) is 39.2 Å². The molecule has 22 heavy (non-hydrogen) atoms. The summed E-state index contributed by atoms with van der Waals surface area (Å²) in [5.74, 6) is -0.121. The molecule has 1 aromatic heterocycles. The number of rotatable bonds is 5. The number of hydrogen-bond acceptors (Lipinski definition) is 3. The summed E-state index contributed by atoms with van der Waals surface area (Å²) < 4.78 is 0. The zero-order valence-electron chi connectivity index (χ0n) is 12.9. The molecule has 0 aliphatic carbocycles. The van der Waals surface area contributed by atoms with Crippen LogP contribution in [-0.2, 0) is 0 Å². The van der Waals surface area contributed by atoms with Crippen LogP contribution in [0.1, 0.15) is 16.1 Å². The molecule has 114 valence electrons. The van der Waals surface area contributed by atoms with Crippen LogP contribution in [0.3, 0.4) is 0 Å². The van der Waals surface area contributed by atoms with Crippen molar-refractivity contribution in [2.45, 2.75) is 6.92 Å². The van der Waals surface area contributed by atoms with Crippen molar-refractivity contribution in [1.29, 1.82) is 0 Å². The number of nitrogens with one attached hydrogen (secondary N) is 1. The highest BCUT2D eigenvalue weighted by Gasteiger charge is 2.14. The molecule has 0 spiro atoms. The van der Waals surface area contributed by atoms with E-state index in [2.05, 4.69) is 16.7 Å². The zero-order chi connectivity index (χ0) is 16.3. The van der Waals surface area contributed by atoms with Gasteiger partial charge in [0.05, 0.1) is 17.1 Å². The van der Waals surface area contributed by atoms with E-state index < -0.39 is 0 Å². The number of carbonyl (C=O) groups is 1. The summed E-state index contributed by atoms with van der Waals surface area (Å²) in [6, 6.07) is 7.31. The number of aromatic amines is 1. The SMILES string of the molecule is C=Nc1cc(C(=O)C=CN(C)C)[nH]c1-c1cc(Cl)ccc1C. The van der Waals surface area contributed by atoms with Crippen molar-refractivity contribution in [2.75, 3.05) is 14.1 Å². The average molecular weight is 316 g/mol. The Kier molecular flexibility index (Phi) is 4.83. The van der Waals surface area contributed by atoms with Gasteiger partial charge in [-0.3, -0.25) is 9.79 Å². The molecule has 0 unspecified atom stereocenters. The highest BCUT2D eigenvalue weighted by atomic mass is 35.5. The molecule has 1 heterocycles. The number of nitrogens with zero attached hydrogens (tertiary/aromatic N) is 2. The zero-order valence-corrected chi connectivity index (χ0v) is 13.6. The Labute approximate surface area is 135 Å². The van der Waals surface area contributed by atoms with Gasteiger partial charge in [-0.25, -0.2) is 0 Å². The molecule has 0 radical (unpaired) electrons. The Morgan fingerprint density at radius 2 is 2.09 bits per heavy atom. The number of H-pyrrole nitrogens is 1. The van der Waals surface area contributed by atoms with Crippen molar-refractivity contribution in [1.82, 2.24) is 9.88 Å². The molecule has 0 fully saturated rings. The highest BCUT2D eigenvalue weighted by molar-refractivity contribution is 6.30. The van der Waals surface area contributed by atoms with Crippen LogP contribution in [-0.4, -0.2) is 36.5 Å². The Morgan fingerprint density at radius 3 is 2.73 bits per heavy atom. The predicted octanol–water partition coefficient (Wildman–Crippen LogP) is 4.23. The lowest BCUT2D eigenvalue weighted by atomic mass is 10.1. The van der Waals surface area contributed by atoms with Crippen LogP contribution in [0.2, 0.25) is 5.02 Å². The fourth-order valence-electron chi connectivity index (χ4n) is 2.08. The standard InChI is InChI=1S/C17H18ClN3O/c1-11-5-6-12(18)9-13(11)17-15(19-2)10-14(20-17)16(22)7-8-21(3)4/h5-10,20H,2H2,1,3-4H3. The molecule has 0 aliphatic heterocycles. The molecule has 0 saturated carbocycles. The molecular weight excluding hydrogens is 298 g/mol. The van der Waals surface area contributed by atoms with Crippen LogP contribution < -0.4 is 0 Å². The third-order valence-electron chi connectivity index (χ3n) is 3.23. The molecule has 0 aliphatic rings. The van der Waals surface area contributed by atoms with Gasteiger partial charge in [0.25, 0.3) is 0 Å². The van der Waals surface area contributed by atoms with Crippen molar-refractivity contribution in [3.63, 3.8) is 0 Å². The number of allylic oxidation sites excluding steroid dienone is 1. The second-order valence-corrected chi connectivity index (χ2v) is 5.64. The first-order valence-electron chi connectivity index (χ1n) is 6.77. The van der Waals surface area contributed by atoms with Crippen LogP contribution in [0.25, 0.3) is 11.3 Å². The minimum atomic E-state index is -0.121. The van der Waals surface area contributed by atoms with E-state index >= 15 is 0 Å². The summed E-state index contributed by atoms with van der Waals surface area (Å²) in [6.07, 6.45) is 3.21. The molecule has 1 N–H and O–H groups in total. The average Bonchev–Trinajstić information content (AvgIpc) is 2.91. The van der Waals surface area contributed by atoms with E-state index in [-0.39, 0.29) is 5.78 Å². The molecule has 2 rings (SSSR count). The Morgan fingerprint density at radius 1 is 1.36 bits per heavy atom. The third kappa shape index (κ3) is 3.46. The second-order valence-electron chi connectivity index (χ2n) is 5.20. The summed E-state index contributed by atoms with van der Waals surface area (Å²) in [5.41, 5.74) is 3.79. The molecule has 0 atom stereocenters. The first kappa shape index (κ1) is 16.0. The van der Waals surface area contributed by atoms with E-state index in [9.17, 15) is 4.79 Å². The predicted molar refractivity (Wildman–Crippen MR) is 92.3 cm³/mol. The first-order valence-corrected chi connectivity index (χ1v) is 7.15. The molecule has 1 aromatic carbocycles. The van der Waals surface area contributed by atoms with Crippen LogP contribution >= 0.6 is 11.6 Å². The van der Waals surface area contributed by atoms with Crippen molar-refractivity contribution in [2.24, 2.45) is 4.99 Å². The summed E-state index contributed by atoms with van der Waals surface area (Å²) in [4.78, 5) is 21.1. The maximum atomic E-state index is 12.2. The third-order valence-corrected chi connectivity index (χ3v) is 3.46. The number of ketones is 1. The molecule has 0 amide bonds. The number of aliphatic imine (C=N–C) groups is 1. The van der Waals surface area contributed by atoms with E-state index in [4.69, 9.17) is 11.6 Å². The lowest BCUT2D eigenvalue weighted by Gasteiger charge is -2.05. The van der Waals surface area contributed by atoms with Crippen molar-refractivity contribution >= 4 is 29.8 Å².